The first-order valence-electron chi connectivity index (χ1n) is 6.95. The molecule has 0 saturated heterocycles. The molecule has 6 heteroatoms. The average Bonchev–Trinajstić information content (AvgIpc) is 3.07. The lowest BCUT2D eigenvalue weighted by atomic mass is 10.2. The van der Waals surface area contributed by atoms with Crippen molar-refractivity contribution in [1.82, 2.24) is 19.9 Å². The van der Waals surface area contributed by atoms with Crippen molar-refractivity contribution in [3.63, 3.8) is 0 Å². The van der Waals surface area contributed by atoms with Gasteiger partial charge in [-0.1, -0.05) is 12.1 Å². The van der Waals surface area contributed by atoms with Crippen LogP contribution in [-0.4, -0.2) is 19.9 Å². The Labute approximate surface area is 138 Å². The van der Waals surface area contributed by atoms with Crippen LogP contribution in [0.4, 0.5) is 0 Å². The largest absolute Gasteiger partial charge is 0.332 e. The van der Waals surface area contributed by atoms with Crippen LogP contribution in [0.2, 0.25) is 0 Å². The maximum absolute atomic E-state index is 4.58. The van der Waals surface area contributed by atoms with Crippen molar-refractivity contribution in [2.45, 2.75) is 24.2 Å². The molecule has 0 radical (unpaired) electrons. The lowest BCUT2D eigenvalue weighted by Crippen LogP contribution is -1.73. The highest BCUT2D eigenvalue weighted by Gasteiger charge is 2.08. The molecule has 0 aliphatic rings. The third-order valence-electron chi connectivity index (χ3n) is 3.43. The van der Waals surface area contributed by atoms with Crippen molar-refractivity contribution in [3.05, 3.63) is 47.5 Å². The van der Waals surface area contributed by atoms with Crippen molar-refractivity contribution in [2.75, 3.05) is 0 Å². The number of benzene rings is 2. The second-order valence-corrected chi connectivity index (χ2v) is 7.40. The minimum Gasteiger partial charge on any atom is -0.332 e. The molecule has 0 aliphatic heterocycles. The number of aromatic amines is 2. The van der Waals surface area contributed by atoms with E-state index in [1.165, 1.54) is 11.1 Å². The Kier molecular flexibility index (Phi) is 3.35. The zero-order chi connectivity index (χ0) is 15.1. The summed E-state index contributed by atoms with van der Waals surface area (Å²) in [4.78, 5) is 15.8. The summed E-state index contributed by atoms with van der Waals surface area (Å²) in [5.41, 5.74) is 6.59. The predicted molar refractivity (Wildman–Crippen MR) is 97.6 cm³/mol. The molecule has 114 valence electrons. The van der Waals surface area contributed by atoms with E-state index in [0.29, 0.717) is 0 Å². The van der Waals surface area contributed by atoms with E-state index in [2.05, 4.69) is 58.0 Å². The van der Waals surface area contributed by atoms with Gasteiger partial charge in [0, 0.05) is 2.85 Å². The highest BCUT2D eigenvalue weighted by atomic mass is 33.1. The first-order chi connectivity index (χ1) is 10.7. The maximum Gasteiger partial charge on any atom is 0.177 e. The monoisotopic (exact) mass is 330 g/mol. The number of rotatable bonds is 3. The van der Waals surface area contributed by atoms with Crippen LogP contribution in [0.3, 0.4) is 0 Å². The van der Waals surface area contributed by atoms with Gasteiger partial charge in [0.15, 0.2) is 10.3 Å². The molecule has 2 N–H and O–H groups in total. The topological polar surface area (TPSA) is 57.4 Å². The second kappa shape index (κ2) is 5.37. The van der Waals surface area contributed by atoms with Gasteiger partial charge in [0.05, 0.1) is 22.1 Å². The van der Waals surface area contributed by atoms with E-state index in [9.17, 15) is 0 Å². The van der Waals surface area contributed by atoms with E-state index >= 15 is 0 Å². The first kappa shape index (κ1) is 13.7. The zero-order valence-corrected chi connectivity index (χ0v) is 13.8. The molecule has 0 spiro atoms. The van der Waals surface area contributed by atoms with Gasteiger partial charge in [-0.05, 0) is 70.8 Å². The Bertz CT molecular complexity index is 901. The first-order valence-corrected chi connectivity index (χ1v) is 9.10. The number of aromatic nitrogens is 4. The molecule has 0 saturated carbocycles. The maximum atomic E-state index is 4.58. The lowest BCUT2D eigenvalue weighted by molar-refractivity contribution is 1.08. The van der Waals surface area contributed by atoms with Gasteiger partial charge < -0.3 is 9.97 Å². The zero-order valence-electron chi connectivity index (χ0n) is 12.2. The molecule has 22 heavy (non-hydrogen) atoms. The molecule has 0 bridgehead atoms. The van der Waals surface area contributed by atoms with Gasteiger partial charge in [0.25, 0.3) is 0 Å². The van der Waals surface area contributed by atoms with E-state index in [0.717, 1.165) is 32.4 Å². The number of fused-ring (bicyclic) bond motifs is 2. The highest BCUT2D eigenvalue weighted by Crippen LogP contribution is 2.35. The fourth-order valence-electron chi connectivity index (χ4n) is 2.36. The average molecular weight is 330 g/mol. The van der Waals surface area contributed by atoms with Crippen LogP contribution in [-0.2, 0) is 0 Å². The van der Waals surface area contributed by atoms with Gasteiger partial charge in [0.2, 0.25) is 0 Å². The van der Waals surface area contributed by atoms with Gasteiger partial charge >= 0.3 is 0 Å². The molecule has 0 unspecified atom stereocenters. The fraction of sp³-hybridized carbons (Fsp3) is 0.125. The van der Waals surface area contributed by atoms with Gasteiger partial charge in [0.1, 0.15) is 0 Å². The molecule has 4 rings (SSSR count). The predicted octanol–water partition coefficient (Wildman–Crippen LogP) is 5.35. The SMILES string of the molecule is Cc1ccc2nc(SSc3nc4ccc(C)cc4[nH]3)[nH]c2c1.[HH].[HH]. The highest BCUT2D eigenvalue weighted by molar-refractivity contribution is 8.76. The van der Waals surface area contributed by atoms with Crippen LogP contribution < -0.4 is 0 Å². The standard InChI is InChI=1S/C16H14N4S2.2H2/c1-9-3-5-11-13(7-9)19-15(17-11)21-22-16-18-12-6-4-10(2)8-14(12)20-16;;/h3-8H,1-2H3,(H,17,19)(H,18,20);2*1H. The molecule has 0 amide bonds. The number of imidazole rings is 2. The molecule has 0 fully saturated rings. The molecule has 2 aromatic carbocycles. The third kappa shape index (κ3) is 2.60. The number of hydrogen-bond donors (Lipinski definition) is 2. The quantitative estimate of drug-likeness (QED) is 0.497. The molecule has 2 aromatic heterocycles. The number of hydrogen-bond acceptors (Lipinski definition) is 4. The van der Waals surface area contributed by atoms with E-state index in [4.69, 9.17) is 0 Å². The molecular formula is C16H18N4S2. The van der Waals surface area contributed by atoms with Gasteiger partial charge in [-0.25, -0.2) is 9.97 Å². The smallest absolute Gasteiger partial charge is 0.177 e. The lowest BCUT2D eigenvalue weighted by Gasteiger charge is -1.92. The minimum absolute atomic E-state index is 0. The van der Waals surface area contributed by atoms with Gasteiger partial charge in [-0.15, -0.1) is 0 Å². The van der Waals surface area contributed by atoms with E-state index in [1.807, 2.05) is 12.1 Å². The molecule has 2 heterocycles. The molecule has 4 aromatic rings. The van der Waals surface area contributed by atoms with Crippen molar-refractivity contribution in [2.24, 2.45) is 0 Å². The molecule has 0 atom stereocenters. The summed E-state index contributed by atoms with van der Waals surface area (Å²) in [7, 11) is 3.16. The summed E-state index contributed by atoms with van der Waals surface area (Å²) in [6, 6.07) is 12.5. The van der Waals surface area contributed by atoms with E-state index < -0.39 is 0 Å². The van der Waals surface area contributed by atoms with Crippen molar-refractivity contribution < 1.29 is 2.85 Å². The van der Waals surface area contributed by atoms with E-state index in [1.54, 1.807) is 21.6 Å². The summed E-state index contributed by atoms with van der Waals surface area (Å²) in [5.74, 6) is 0. The molecule has 0 aliphatic carbocycles. The molecular weight excluding hydrogens is 312 g/mol. The van der Waals surface area contributed by atoms with Crippen LogP contribution in [0.5, 0.6) is 0 Å². The number of nitrogens with one attached hydrogen (secondary N) is 2. The number of H-pyrrole nitrogens is 2. The summed E-state index contributed by atoms with van der Waals surface area (Å²) < 4.78 is 0. The Balaban J connectivity index is 0.00000104. The third-order valence-corrected chi connectivity index (χ3v) is 5.41. The normalized spacial score (nSPS) is 11.5. The van der Waals surface area contributed by atoms with Gasteiger partial charge in [-0.3, -0.25) is 0 Å². The minimum atomic E-state index is 0. The van der Waals surface area contributed by atoms with Crippen LogP contribution in [0, 0.1) is 13.8 Å². The summed E-state index contributed by atoms with van der Waals surface area (Å²) in [5, 5.41) is 1.78. The Hall–Kier alpha value is -1.92. The van der Waals surface area contributed by atoms with Crippen molar-refractivity contribution in [3.8, 4) is 0 Å². The fourth-order valence-corrected chi connectivity index (χ4v) is 4.04. The Morgan fingerprint density at radius 3 is 1.68 bits per heavy atom. The van der Waals surface area contributed by atoms with Crippen molar-refractivity contribution >= 4 is 43.7 Å². The van der Waals surface area contributed by atoms with Crippen LogP contribution >= 0.6 is 21.6 Å². The van der Waals surface area contributed by atoms with Crippen LogP contribution in [0.15, 0.2) is 46.7 Å². The Morgan fingerprint density at radius 1 is 0.773 bits per heavy atom. The van der Waals surface area contributed by atoms with E-state index in [-0.39, 0.29) is 2.85 Å². The number of nitrogens with zero attached hydrogens (tertiary/aromatic N) is 2. The second-order valence-electron chi connectivity index (χ2n) is 5.29. The summed E-state index contributed by atoms with van der Waals surface area (Å²) in [6.07, 6.45) is 0. The summed E-state index contributed by atoms with van der Waals surface area (Å²) in [6.45, 7) is 4.16. The molecule has 4 nitrogen and oxygen atoms in total. The number of aryl methyl sites for hydroxylation is 2. The van der Waals surface area contributed by atoms with Crippen LogP contribution in [0.25, 0.3) is 22.1 Å². The van der Waals surface area contributed by atoms with Gasteiger partial charge in [-0.2, -0.15) is 0 Å². The van der Waals surface area contributed by atoms with Crippen LogP contribution in [0.1, 0.15) is 14.0 Å². The van der Waals surface area contributed by atoms with Crippen molar-refractivity contribution in [1.29, 1.82) is 0 Å². The summed E-state index contributed by atoms with van der Waals surface area (Å²) >= 11 is 0. The Morgan fingerprint density at radius 2 is 1.23 bits per heavy atom.